The molecule has 0 saturated heterocycles. The maximum absolute atomic E-state index is 12.0. The van der Waals surface area contributed by atoms with Gasteiger partial charge < -0.3 is 9.90 Å². The van der Waals surface area contributed by atoms with Crippen LogP contribution in [0.2, 0.25) is 0 Å². The summed E-state index contributed by atoms with van der Waals surface area (Å²) in [7, 11) is 0. The van der Waals surface area contributed by atoms with Crippen molar-refractivity contribution in [3.05, 3.63) is 34.5 Å². The Labute approximate surface area is 174 Å². The lowest BCUT2D eigenvalue weighted by molar-refractivity contribution is -0.311. The molecule has 0 aliphatic carbocycles. The van der Waals surface area contributed by atoms with E-state index < -0.39 is 11.9 Å². The van der Waals surface area contributed by atoms with E-state index >= 15 is 0 Å². The number of benzene rings is 1. The molecule has 0 spiro atoms. The molecule has 0 aromatic heterocycles. The summed E-state index contributed by atoms with van der Waals surface area (Å²) < 4.78 is 2.41. The highest BCUT2D eigenvalue weighted by atomic mass is 127. The molecule has 8 heteroatoms. The number of anilines is 1. The Hall–Kier alpha value is -0.240. The van der Waals surface area contributed by atoms with Gasteiger partial charge in [-0.05, 0) is 92.2 Å². The molecule has 2 amide bonds. The summed E-state index contributed by atoms with van der Waals surface area (Å²) in [6.45, 7) is 1.80. The molecule has 0 saturated carbocycles. The first-order chi connectivity index (χ1) is 10.8. The molecule has 0 fully saturated rings. The molecule has 23 heavy (non-hydrogen) atoms. The molecule has 1 aromatic rings. The molecule has 0 N–H and O–H groups in total. The van der Waals surface area contributed by atoms with E-state index in [1.807, 2.05) is 6.07 Å². The lowest BCUT2D eigenvalue weighted by atomic mass is 9.96. The largest absolute Gasteiger partial charge is 0.550 e. The Morgan fingerprint density at radius 1 is 1.17 bits per heavy atom. The lowest BCUT2D eigenvalue weighted by Crippen LogP contribution is -2.33. The van der Waals surface area contributed by atoms with Crippen molar-refractivity contribution in [2.75, 3.05) is 4.90 Å². The number of carboxylic acid groups (broad SMARTS) is 1. The first-order valence-corrected chi connectivity index (χ1v) is 9.94. The highest BCUT2D eigenvalue weighted by Crippen LogP contribution is 2.37. The Balaban J connectivity index is 2.54. The zero-order chi connectivity index (χ0) is 17.3. The van der Waals surface area contributed by atoms with Gasteiger partial charge in [0.2, 0.25) is 0 Å². The average molecular weight is 650 g/mol. The van der Waals surface area contributed by atoms with Crippen LogP contribution in [0.1, 0.15) is 18.9 Å². The van der Waals surface area contributed by atoms with Gasteiger partial charge >= 0.3 is 0 Å². The summed E-state index contributed by atoms with van der Waals surface area (Å²) in [6.07, 6.45) is 3.24. The van der Waals surface area contributed by atoms with E-state index in [4.69, 9.17) is 0 Å². The number of rotatable bonds is 5. The van der Waals surface area contributed by atoms with Gasteiger partial charge in [0.25, 0.3) is 11.8 Å². The summed E-state index contributed by atoms with van der Waals surface area (Å²) in [5, 5.41) is 11.2. The minimum absolute atomic E-state index is 0.308. The maximum Gasteiger partial charge on any atom is 0.258 e. The van der Waals surface area contributed by atoms with Gasteiger partial charge in [0.1, 0.15) is 0 Å². The van der Waals surface area contributed by atoms with Crippen LogP contribution in [0.5, 0.6) is 0 Å². The topological polar surface area (TPSA) is 77.5 Å². The fraction of sp³-hybridized carbons (Fsp3) is 0.267. The third-order valence-electron chi connectivity index (χ3n) is 3.55. The van der Waals surface area contributed by atoms with Crippen molar-refractivity contribution in [3.63, 3.8) is 0 Å². The monoisotopic (exact) mass is 650 g/mol. The number of hydrogen-bond donors (Lipinski definition) is 0. The van der Waals surface area contributed by atoms with Crippen molar-refractivity contribution >= 4 is 91.2 Å². The number of aliphatic carboxylic acids is 1. The molecule has 1 heterocycles. The van der Waals surface area contributed by atoms with Gasteiger partial charge in [-0.3, -0.25) is 9.59 Å². The van der Waals surface area contributed by atoms with Crippen LogP contribution in [0, 0.1) is 16.6 Å². The fourth-order valence-corrected chi connectivity index (χ4v) is 6.57. The van der Waals surface area contributed by atoms with Crippen molar-refractivity contribution in [2.45, 2.75) is 19.8 Å². The highest BCUT2D eigenvalue weighted by Gasteiger charge is 2.30. The normalized spacial score (nSPS) is 15.4. The minimum Gasteiger partial charge on any atom is -0.550 e. The van der Waals surface area contributed by atoms with E-state index in [0.717, 1.165) is 21.2 Å². The average Bonchev–Trinajstić information content (AvgIpc) is 2.79. The van der Waals surface area contributed by atoms with Gasteiger partial charge in [0.05, 0.1) is 5.69 Å². The number of carboxylic acids is 1. The third kappa shape index (κ3) is 3.89. The van der Waals surface area contributed by atoms with E-state index in [1.54, 1.807) is 6.92 Å². The second-order valence-corrected chi connectivity index (χ2v) is 8.36. The number of halogens is 3. The Kier molecular flexibility index (Phi) is 6.44. The quantitative estimate of drug-likeness (QED) is 0.363. The van der Waals surface area contributed by atoms with Gasteiger partial charge in [0.15, 0.2) is 0 Å². The number of carbonyl (C=O) groups excluding carboxylic acids is 3. The van der Waals surface area contributed by atoms with E-state index in [9.17, 15) is 19.5 Å². The fourth-order valence-electron chi connectivity index (χ4n) is 2.27. The highest BCUT2D eigenvalue weighted by molar-refractivity contribution is 14.1. The SMILES string of the molecule is CCC(Cc1c(I)cc(I)c(N2C(=O)C=CC2=O)c1I)C(=O)[O-]. The first kappa shape index (κ1) is 19.1. The smallest absolute Gasteiger partial charge is 0.258 e. The zero-order valence-electron chi connectivity index (χ0n) is 11.9. The molecule has 0 bridgehead atoms. The van der Waals surface area contributed by atoms with Crippen LogP contribution in [0.4, 0.5) is 5.69 Å². The number of hydrogen-bond acceptors (Lipinski definition) is 4. The van der Waals surface area contributed by atoms with Crippen molar-refractivity contribution in [1.82, 2.24) is 0 Å². The van der Waals surface area contributed by atoms with E-state index in [-0.39, 0.29) is 11.8 Å². The Bertz CT molecular complexity index is 712. The summed E-state index contributed by atoms with van der Waals surface area (Å²) in [5.74, 6) is -2.46. The van der Waals surface area contributed by atoms with Crippen molar-refractivity contribution in [3.8, 4) is 0 Å². The van der Waals surface area contributed by atoms with Crippen LogP contribution in [-0.4, -0.2) is 17.8 Å². The molecule has 1 unspecified atom stereocenters. The van der Waals surface area contributed by atoms with Gasteiger partial charge in [-0.25, -0.2) is 4.90 Å². The molecule has 5 nitrogen and oxygen atoms in total. The standard InChI is InChI=1S/C15H12I3NO4/c1-2-7(15(22)23)5-8-9(16)6-10(17)14(13(8)18)19-11(20)3-4-12(19)21/h3-4,6-7H,2,5H2,1H3,(H,22,23)/p-1. The molecular formula is C15H11I3NO4-. The number of amides is 2. The summed E-state index contributed by atoms with van der Waals surface area (Å²) >= 11 is 6.31. The second kappa shape index (κ2) is 7.76. The van der Waals surface area contributed by atoms with E-state index in [0.29, 0.717) is 18.5 Å². The van der Waals surface area contributed by atoms with E-state index in [2.05, 4.69) is 67.8 Å². The van der Waals surface area contributed by atoms with Crippen LogP contribution >= 0.6 is 67.8 Å². The molecule has 1 aromatic carbocycles. The molecule has 1 aliphatic heterocycles. The van der Waals surface area contributed by atoms with Gasteiger partial charge in [0, 0.05) is 34.7 Å². The third-order valence-corrected chi connectivity index (χ3v) is 6.50. The minimum atomic E-state index is -1.09. The number of nitrogens with zero attached hydrogens (tertiary/aromatic N) is 1. The predicted octanol–water partition coefficient (Wildman–Crippen LogP) is 2.25. The van der Waals surface area contributed by atoms with Crippen molar-refractivity contribution in [1.29, 1.82) is 0 Å². The van der Waals surface area contributed by atoms with Crippen LogP contribution in [0.25, 0.3) is 0 Å². The lowest BCUT2D eigenvalue weighted by Gasteiger charge is -2.23. The second-order valence-electron chi connectivity index (χ2n) is 4.95. The molecule has 1 atom stereocenters. The van der Waals surface area contributed by atoms with E-state index in [1.165, 1.54) is 12.2 Å². The summed E-state index contributed by atoms with van der Waals surface area (Å²) in [6, 6.07) is 1.86. The first-order valence-electron chi connectivity index (χ1n) is 6.71. The number of carbonyl (C=O) groups is 3. The maximum atomic E-state index is 12.0. The molecule has 2 rings (SSSR count). The van der Waals surface area contributed by atoms with Crippen LogP contribution < -0.4 is 10.0 Å². The van der Waals surface area contributed by atoms with Gasteiger partial charge in [-0.1, -0.05) is 6.92 Å². The van der Waals surface area contributed by atoms with Crippen molar-refractivity contribution in [2.24, 2.45) is 5.92 Å². The van der Waals surface area contributed by atoms with Gasteiger partial charge in [-0.2, -0.15) is 0 Å². The molecule has 1 aliphatic rings. The Morgan fingerprint density at radius 3 is 2.22 bits per heavy atom. The van der Waals surface area contributed by atoms with Gasteiger partial charge in [-0.15, -0.1) is 0 Å². The molecule has 0 radical (unpaired) electrons. The zero-order valence-corrected chi connectivity index (χ0v) is 18.4. The van der Waals surface area contributed by atoms with Crippen LogP contribution in [-0.2, 0) is 20.8 Å². The summed E-state index contributed by atoms with van der Waals surface area (Å²) in [5.41, 5.74) is 1.35. The van der Waals surface area contributed by atoms with Crippen molar-refractivity contribution < 1.29 is 19.5 Å². The van der Waals surface area contributed by atoms with Crippen LogP contribution in [0.3, 0.4) is 0 Å². The summed E-state index contributed by atoms with van der Waals surface area (Å²) in [4.78, 5) is 36.3. The predicted molar refractivity (Wildman–Crippen MR) is 109 cm³/mol. The molecular weight excluding hydrogens is 639 g/mol. The Morgan fingerprint density at radius 2 is 1.74 bits per heavy atom. The molecule has 122 valence electrons. The number of imide groups is 1. The van der Waals surface area contributed by atoms with Crippen LogP contribution in [0.15, 0.2) is 18.2 Å².